The summed E-state index contributed by atoms with van der Waals surface area (Å²) in [5, 5.41) is 39.9. The maximum atomic E-state index is 12.7. The third-order valence-electron chi connectivity index (χ3n) is 8.34. The van der Waals surface area contributed by atoms with Crippen LogP contribution in [0.4, 0.5) is 0 Å². The zero-order chi connectivity index (χ0) is 37.4. The van der Waals surface area contributed by atoms with Crippen molar-refractivity contribution in [3.63, 3.8) is 0 Å². The van der Waals surface area contributed by atoms with Crippen molar-refractivity contribution in [2.75, 3.05) is 19.8 Å². The van der Waals surface area contributed by atoms with Crippen molar-refractivity contribution in [2.24, 2.45) is 0 Å². The lowest BCUT2D eigenvalue weighted by Crippen LogP contribution is -2.59. The first-order chi connectivity index (χ1) is 24.8. The Bertz CT molecular complexity index is 1030. The van der Waals surface area contributed by atoms with Crippen LogP contribution >= 0.6 is 0 Å². The first-order valence-electron chi connectivity index (χ1n) is 18.9. The monoisotopic (exact) mass is 718 g/mol. The molecule has 6 atom stereocenters. The van der Waals surface area contributed by atoms with Crippen LogP contribution in [0.25, 0.3) is 0 Å². The number of rotatable bonds is 31. The molecule has 1 heterocycles. The van der Waals surface area contributed by atoms with Crippen LogP contribution in [-0.4, -0.2) is 89.0 Å². The molecule has 1 aliphatic heterocycles. The molecule has 0 spiro atoms. The number of carbonyl (C=O) groups excluding carboxylic acids is 2. The van der Waals surface area contributed by atoms with E-state index in [2.05, 4.69) is 61.8 Å². The maximum Gasteiger partial charge on any atom is 0.306 e. The van der Waals surface area contributed by atoms with Crippen LogP contribution in [0, 0.1) is 0 Å². The quantitative estimate of drug-likeness (QED) is 0.0339. The van der Waals surface area contributed by atoms with Crippen molar-refractivity contribution in [2.45, 2.75) is 152 Å². The van der Waals surface area contributed by atoms with E-state index < -0.39 is 55.4 Å². The second-order valence-corrected chi connectivity index (χ2v) is 12.8. The summed E-state index contributed by atoms with van der Waals surface area (Å²) >= 11 is 0. The number of ether oxygens (including phenoxy) is 4. The van der Waals surface area contributed by atoms with Crippen LogP contribution in [0.5, 0.6) is 0 Å². The van der Waals surface area contributed by atoms with E-state index in [0.29, 0.717) is 12.8 Å². The minimum absolute atomic E-state index is 0.198. The Hall–Kier alpha value is -2.86. The Balaban J connectivity index is 2.42. The Morgan fingerprint density at radius 2 is 1.10 bits per heavy atom. The molecule has 10 heteroatoms. The van der Waals surface area contributed by atoms with Gasteiger partial charge >= 0.3 is 11.9 Å². The summed E-state index contributed by atoms with van der Waals surface area (Å²) in [6.07, 6.45) is 28.4. The van der Waals surface area contributed by atoms with E-state index in [-0.39, 0.29) is 26.1 Å². The predicted molar refractivity (Wildman–Crippen MR) is 201 cm³/mol. The second kappa shape index (κ2) is 31.8. The number of carbonyl (C=O) groups is 2. The highest BCUT2D eigenvalue weighted by Gasteiger charge is 2.44. The Labute approximate surface area is 306 Å². The molecule has 1 saturated heterocycles. The molecule has 1 aliphatic rings. The number of aliphatic hydroxyl groups excluding tert-OH is 4. The first kappa shape index (κ1) is 46.2. The number of allylic oxidation sites excluding steroid dienone is 10. The van der Waals surface area contributed by atoms with Crippen LogP contribution < -0.4 is 0 Å². The van der Waals surface area contributed by atoms with Gasteiger partial charge in [0.25, 0.3) is 0 Å². The highest BCUT2D eigenvalue weighted by molar-refractivity contribution is 5.70. The van der Waals surface area contributed by atoms with Crippen molar-refractivity contribution >= 4 is 11.9 Å². The highest BCUT2D eigenvalue weighted by atomic mass is 16.7. The summed E-state index contributed by atoms with van der Waals surface area (Å²) in [5.74, 6) is -0.866. The molecule has 0 aromatic carbocycles. The van der Waals surface area contributed by atoms with Gasteiger partial charge in [-0.1, -0.05) is 99.3 Å². The predicted octanol–water partition coefficient (Wildman–Crippen LogP) is 6.88. The molecule has 51 heavy (non-hydrogen) atoms. The average molecular weight is 719 g/mol. The first-order valence-corrected chi connectivity index (χ1v) is 18.9. The van der Waals surface area contributed by atoms with E-state index in [9.17, 15) is 30.0 Å². The number of unbranched alkanes of at least 4 members (excludes halogenated alkanes) is 10. The standard InChI is InChI=1S/C41H66O10/c1-3-5-7-9-11-13-15-17-19-21-23-25-27-29-36(43)48-32-34(33-49-41-40(47)39(46)38(45)35(31-42)51-41)50-37(44)30-28-26-24-22-20-18-16-14-12-10-8-6-4-2/h3-4,7-10,13-16,34-35,38-42,45-47H,1-2,5-6,11-12,17-33H2/b9-7+,10-8+,15-13+,16-14+/t34-,35-,38+,39+,40-,41-/m1/s1. The van der Waals surface area contributed by atoms with Gasteiger partial charge in [-0.2, -0.15) is 0 Å². The molecular weight excluding hydrogens is 652 g/mol. The van der Waals surface area contributed by atoms with E-state index in [4.69, 9.17) is 18.9 Å². The molecule has 1 rings (SSSR count). The summed E-state index contributed by atoms with van der Waals surface area (Å²) in [6, 6.07) is 0. The number of esters is 2. The molecule has 0 aromatic rings. The molecule has 0 aliphatic carbocycles. The highest BCUT2D eigenvalue weighted by Crippen LogP contribution is 2.22. The number of hydrogen-bond donors (Lipinski definition) is 4. The smallest absolute Gasteiger partial charge is 0.306 e. The van der Waals surface area contributed by atoms with Crippen LogP contribution in [0.2, 0.25) is 0 Å². The molecule has 0 saturated carbocycles. The van der Waals surface area contributed by atoms with Gasteiger partial charge in [-0.05, 0) is 64.2 Å². The van der Waals surface area contributed by atoms with Crippen molar-refractivity contribution in [1.82, 2.24) is 0 Å². The Morgan fingerprint density at radius 3 is 1.65 bits per heavy atom. The van der Waals surface area contributed by atoms with E-state index in [1.165, 1.54) is 0 Å². The molecule has 0 amide bonds. The number of hydrogen-bond acceptors (Lipinski definition) is 10. The number of aliphatic hydroxyl groups is 4. The van der Waals surface area contributed by atoms with E-state index in [0.717, 1.165) is 89.9 Å². The summed E-state index contributed by atoms with van der Waals surface area (Å²) in [6.45, 7) is 6.25. The third kappa shape index (κ3) is 24.1. The van der Waals surface area contributed by atoms with Crippen LogP contribution in [-0.2, 0) is 28.5 Å². The minimum atomic E-state index is -1.60. The van der Waals surface area contributed by atoms with Gasteiger partial charge in [0.05, 0.1) is 13.2 Å². The molecule has 4 N–H and O–H groups in total. The lowest BCUT2D eigenvalue weighted by Gasteiger charge is -2.39. The molecule has 10 nitrogen and oxygen atoms in total. The Kier molecular flexibility index (Phi) is 28.8. The zero-order valence-corrected chi connectivity index (χ0v) is 30.7. The van der Waals surface area contributed by atoms with Crippen molar-refractivity contribution in [1.29, 1.82) is 0 Å². The fraction of sp³-hybridized carbons (Fsp3) is 0.659. The third-order valence-corrected chi connectivity index (χ3v) is 8.34. The van der Waals surface area contributed by atoms with Gasteiger partial charge < -0.3 is 39.4 Å². The van der Waals surface area contributed by atoms with Gasteiger partial charge in [0, 0.05) is 12.8 Å². The summed E-state index contributed by atoms with van der Waals surface area (Å²) in [5.41, 5.74) is 0. The van der Waals surface area contributed by atoms with Crippen LogP contribution in [0.15, 0.2) is 73.9 Å². The summed E-state index contributed by atoms with van der Waals surface area (Å²) < 4.78 is 22.0. The molecule has 0 unspecified atom stereocenters. The normalized spacial score (nSPS) is 21.5. The van der Waals surface area contributed by atoms with Gasteiger partial charge in [-0.25, -0.2) is 0 Å². The molecule has 0 bridgehead atoms. The average Bonchev–Trinajstić information content (AvgIpc) is 3.13. The van der Waals surface area contributed by atoms with E-state index in [1.807, 2.05) is 12.2 Å². The topological polar surface area (TPSA) is 152 Å². The zero-order valence-electron chi connectivity index (χ0n) is 30.7. The van der Waals surface area contributed by atoms with Crippen molar-refractivity contribution in [3.05, 3.63) is 73.9 Å². The molecular formula is C41H66O10. The largest absolute Gasteiger partial charge is 0.462 e. The van der Waals surface area contributed by atoms with Gasteiger partial charge in [0.2, 0.25) is 0 Å². The van der Waals surface area contributed by atoms with Crippen molar-refractivity contribution in [3.8, 4) is 0 Å². The van der Waals surface area contributed by atoms with E-state index >= 15 is 0 Å². The summed E-state index contributed by atoms with van der Waals surface area (Å²) in [7, 11) is 0. The van der Waals surface area contributed by atoms with Gasteiger partial charge in [-0.15, -0.1) is 13.2 Å². The van der Waals surface area contributed by atoms with Gasteiger partial charge in [0.1, 0.15) is 31.0 Å². The molecule has 1 fully saturated rings. The lowest BCUT2D eigenvalue weighted by atomic mass is 9.99. The minimum Gasteiger partial charge on any atom is -0.462 e. The lowest BCUT2D eigenvalue weighted by molar-refractivity contribution is -0.305. The maximum absolute atomic E-state index is 12.7. The fourth-order valence-corrected chi connectivity index (χ4v) is 5.31. The fourth-order valence-electron chi connectivity index (χ4n) is 5.31. The molecule has 290 valence electrons. The SMILES string of the molecule is C=CC/C=C/C/C=C/CCCCCCCC(=O)OC[C@H](CO[C@@H]1O[C@H](CO)[C@H](O)[C@H](O)[C@H]1O)OC(=O)CCCCCCC/C=C/C/C=C/CC=C. The summed E-state index contributed by atoms with van der Waals surface area (Å²) in [4.78, 5) is 25.2. The van der Waals surface area contributed by atoms with Crippen LogP contribution in [0.1, 0.15) is 116 Å². The van der Waals surface area contributed by atoms with E-state index in [1.54, 1.807) is 0 Å². The van der Waals surface area contributed by atoms with Crippen molar-refractivity contribution < 1.29 is 49.0 Å². The second-order valence-electron chi connectivity index (χ2n) is 12.8. The van der Waals surface area contributed by atoms with Gasteiger partial charge in [-0.3, -0.25) is 9.59 Å². The van der Waals surface area contributed by atoms with Gasteiger partial charge in [0.15, 0.2) is 12.4 Å². The Morgan fingerprint density at radius 1 is 0.608 bits per heavy atom. The molecule has 0 aromatic heterocycles. The van der Waals surface area contributed by atoms with Crippen LogP contribution in [0.3, 0.4) is 0 Å². The molecule has 0 radical (unpaired) electrons.